The van der Waals surface area contributed by atoms with Crippen LogP contribution in [0.3, 0.4) is 0 Å². The average molecular weight is 590 g/mol. The number of carboxylic acids is 1. The second-order valence-corrected chi connectivity index (χ2v) is 10.4. The van der Waals surface area contributed by atoms with Crippen LogP contribution in [0, 0.1) is 0 Å². The van der Waals surface area contributed by atoms with Gasteiger partial charge in [-0.15, -0.1) is 0 Å². The molecular formula is C15H17F15O5Si. The van der Waals surface area contributed by atoms with Crippen LogP contribution in [0.5, 0.6) is 0 Å². The molecule has 0 saturated carbocycles. The van der Waals surface area contributed by atoms with E-state index in [1.54, 1.807) is 0 Å². The Balaban J connectivity index is 6.69. The molecule has 0 aliphatic heterocycles. The van der Waals surface area contributed by atoms with E-state index in [0.29, 0.717) is 0 Å². The van der Waals surface area contributed by atoms with E-state index in [1.807, 2.05) is 0 Å². The number of carbonyl (C=O) groups is 1. The zero-order chi connectivity index (χ0) is 29.6. The molecule has 0 radical (unpaired) electrons. The summed E-state index contributed by atoms with van der Waals surface area (Å²) in [7, 11) is -1.80. The molecule has 0 aromatic rings. The van der Waals surface area contributed by atoms with Crippen LogP contribution in [-0.4, -0.2) is 88.3 Å². The summed E-state index contributed by atoms with van der Waals surface area (Å²) >= 11 is 0. The first kappa shape index (κ1) is 34.5. The lowest BCUT2D eigenvalue weighted by atomic mass is 9.83. The predicted molar refractivity (Wildman–Crippen MR) is 88.0 cm³/mol. The van der Waals surface area contributed by atoms with Crippen molar-refractivity contribution in [3.05, 3.63) is 0 Å². The molecule has 0 saturated heterocycles. The molecule has 216 valence electrons. The Kier molecular flexibility index (Phi) is 9.28. The Hall–Kier alpha value is -1.48. The van der Waals surface area contributed by atoms with Gasteiger partial charge in [0.15, 0.2) is 5.67 Å². The van der Waals surface area contributed by atoms with Crippen LogP contribution in [0.25, 0.3) is 0 Å². The van der Waals surface area contributed by atoms with E-state index >= 15 is 0 Å². The van der Waals surface area contributed by atoms with Crippen LogP contribution in [0.1, 0.15) is 13.3 Å². The summed E-state index contributed by atoms with van der Waals surface area (Å²) in [6, 6.07) is -1.24. The summed E-state index contributed by atoms with van der Waals surface area (Å²) in [5.41, 5.74) is -5.04. The highest BCUT2D eigenvalue weighted by Gasteiger charge is 2.94. The SMILES string of the molecule is CO[Si](CCC(C)(F)C(F)(F)C(F)(F)C(F)(F)C(F)(F)C(F)(F)C(F)(F)C(F)(F)C(=O)O)(OC)OC. The number of alkyl halides is 15. The van der Waals surface area contributed by atoms with E-state index in [2.05, 4.69) is 13.3 Å². The molecule has 0 rings (SSSR count). The van der Waals surface area contributed by atoms with Crippen LogP contribution in [0.15, 0.2) is 0 Å². The van der Waals surface area contributed by atoms with Crippen LogP contribution < -0.4 is 0 Å². The quantitative estimate of drug-likeness (QED) is 0.214. The Labute approximate surface area is 192 Å². The molecular weight excluding hydrogens is 573 g/mol. The topological polar surface area (TPSA) is 65.0 Å². The minimum absolute atomic E-state index is 0.583. The van der Waals surface area contributed by atoms with Crippen molar-refractivity contribution < 1.29 is 89.0 Å². The molecule has 0 aliphatic rings. The molecule has 0 spiro atoms. The molecule has 0 bridgehead atoms. The summed E-state index contributed by atoms with van der Waals surface area (Å²) in [5.74, 6) is -60.0. The van der Waals surface area contributed by atoms with Gasteiger partial charge in [-0.25, -0.2) is 9.18 Å². The third-order valence-corrected chi connectivity index (χ3v) is 7.85. The van der Waals surface area contributed by atoms with Gasteiger partial charge in [0, 0.05) is 27.4 Å². The van der Waals surface area contributed by atoms with Gasteiger partial charge in [0.2, 0.25) is 0 Å². The normalized spacial score (nSPS) is 17.2. The number of rotatable bonds is 14. The van der Waals surface area contributed by atoms with Gasteiger partial charge < -0.3 is 18.4 Å². The number of carboxylic acid groups (broad SMARTS) is 1. The number of aliphatic carboxylic acids is 1. The first-order valence-corrected chi connectivity index (χ1v) is 10.7. The second-order valence-electron chi connectivity index (χ2n) is 7.32. The summed E-state index contributed by atoms with van der Waals surface area (Å²) in [5, 5.41) is 7.85. The number of hydrogen-bond donors (Lipinski definition) is 1. The highest BCUT2D eigenvalue weighted by Crippen LogP contribution is 2.64. The van der Waals surface area contributed by atoms with Crippen molar-refractivity contribution in [1.82, 2.24) is 0 Å². The minimum Gasteiger partial charge on any atom is -0.477 e. The Morgan fingerprint density at radius 2 is 0.889 bits per heavy atom. The molecule has 0 aromatic carbocycles. The van der Waals surface area contributed by atoms with Crippen molar-refractivity contribution in [2.75, 3.05) is 21.3 Å². The molecule has 1 unspecified atom stereocenters. The Morgan fingerprint density at radius 3 is 1.17 bits per heavy atom. The molecule has 1 atom stereocenters. The number of halogens is 15. The molecule has 0 aromatic heterocycles. The third-order valence-electron chi connectivity index (χ3n) is 5.12. The van der Waals surface area contributed by atoms with Crippen LogP contribution in [0.4, 0.5) is 65.9 Å². The van der Waals surface area contributed by atoms with E-state index in [9.17, 15) is 70.7 Å². The van der Waals surface area contributed by atoms with Crippen molar-refractivity contribution in [3.63, 3.8) is 0 Å². The first-order valence-electron chi connectivity index (χ1n) is 8.81. The smallest absolute Gasteiger partial charge is 0.477 e. The maximum atomic E-state index is 14.6. The third kappa shape index (κ3) is 4.63. The lowest BCUT2D eigenvalue weighted by Crippen LogP contribution is -2.75. The molecule has 1 N–H and O–H groups in total. The molecule has 0 amide bonds. The van der Waals surface area contributed by atoms with Crippen LogP contribution in [0.2, 0.25) is 6.04 Å². The largest absolute Gasteiger partial charge is 0.500 e. The highest BCUT2D eigenvalue weighted by molar-refractivity contribution is 6.60. The van der Waals surface area contributed by atoms with Gasteiger partial charge in [-0.05, 0) is 13.3 Å². The van der Waals surface area contributed by atoms with Gasteiger partial charge in [0.1, 0.15) is 0 Å². The summed E-state index contributed by atoms with van der Waals surface area (Å²) < 4.78 is 220. The van der Waals surface area contributed by atoms with Crippen molar-refractivity contribution in [1.29, 1.82) is 0 Å². The monoisotopic (exact) mass is 590 g/mol. The van der Waals surface area contributed by atoms with E-state index in [1.165, 1.54) is 0 Å². The average Bonchev–Trinajstić information content (AvgIpc) is 2.73. The molecule has 36 heavy (non-hydrogen) atoms. The fourth-order valence-corrected chi connectivity index (χ4v) is 4.44. The van der Waals surface area contributed by atoms with Crippen LogP contribution in [-0.2, 0) is 18.1 Å². The van der Waals surface area contributed by atoms with Gasteiger partial charge in [-0.2, -0.15) is 61.5 Å². The predicted octanol–water partition coefficient (Wildman–Crippen LogP) is 5.51. The standard InChI is InChI=1S/C15H17F15O5Si/c1-8(16,5-6-36(33-2,34-3)35-4)10(19,20)12(23,24)14(27,28)15(29,30)13(25,26)11(21,22)9(17,18)7(31)32/h5-6H2,1-4H3,(H,31,32). The lowest BCUT2D eigenvalue weighted by molar-refractivity contribution is -0.445. The van der Waals surface area contributed by atoms with Gasteiger partial charge in [0.25, 0.3) is 0 Å². The Bertz CT molecular complexity index is 790. The van der Waals surface area contributed by atoms with Crippen molar-refractivity contribution in [3.8, 4) is 0 Å². The van der Waals surface area contributed by atoms with E-state index < -0.39 is 81.3 Å². The van der Waals surface area contributed by atoms with Crippen molar-refractivity contribution in [2.45, 2.75) is 66.5 Å². The molecule has 0 aliphatic carbocycles. The van der Waals surface area contributed by atoms with E-state index in [0.717, 1.165) is 21.3 Å². The zero-order valence-corrected chi connectivity index (χ0v) is 19.2. The van der Waals surface area contributed by atoms with Gasteiger partial charge >= 0.3 is 56.2 Å². The van der Waals surface area contributed by atoms with Gasteiger partial charge in [-0.3, -0.25) is 0 Å². The maximum absolute atomic E-state index is 14.6. The van der Waals surface area contributed by atoms with Crippen LogP contribution >= 0.6 is 0 Å². The van der Waals surface area contributed by atoms with E-state index in [4.69, 9.17) is 5.11 Å². The zero-order valence-electron chi connectivity index (χ0n) is 18.2. The molecule has 0 fully saturated rings. The fourth-order valence-electron chi connectivity index (χ4n) is 2.55. The Morgan fingerprint density at radius 1 is 0.611 bits per heavy atom. The highest BCUT2D eigenvalue weighted by atomic mass is 28.4. The molecule has 5 nitrogen and oxygen atoms in total. The molecule has 0 heterocycles. The number of hydrogen-bond acceptors (Lipinski definition) is 4. The summed E-state index contributed by atoms with van der Waals surface area (Å²) in [4.78, 5) is 10.1. The van der Waals surface area contributed by atoms with Gasteiger partial charge in [-0.1, -0.05) is 0 Å². The van der Waals surface area contributed by atoms with E-state index in [-0.39, 0.29) is 0 Å². The maximum Gasteiger partial charge on any atom is 0.500 e. The van der Waals surface area contributed by atoms with Crippen molar-refractivity contribution in [2.24, 2.45) is 0 Å². The van der Waals surface area contributed by atoms with Crippen molar-refractivity contribution >= 4 is 14.8 Å². The minimum atomic E-state index is -8.52. The molecule has 21 heteroatoms. The fraction of sp³-hybridized carbons (Fsp3) is 0.933. The second kappa shape index (κ2) is 9.68. The summed E-state index contributed by atoms with van der Waals surface area (Å²) in [6.07, 6.45) is -2.03. The summed E-state index contributed by atoms with van der Waals surface area (Å²) in [6.45, 7) is -0.583. The lowest BCUT2D eigenvalue weighted by Gasteiger charge is -2.44. The van der Waals surface area contributed by atoms with Gasteiger partial charge in [0.05, 0.1) is 0 Å². The first-order chi connectivity index (χ1) is 15.6.